The molecule has 2 atom stereocenters. The second-order valence-electron chi connectivity index (χ2n) is 5.36. The quantitative estimate of drug-likeness (QED) is 0.899. The number of benzene rings is 1. The molecule has 1 saturated heterocycles. The number of nitrogens with zero attached hydrogens (tertiary/aromatic N) is 1. The fraction of sp³-hybridized carbons (Fsp3) is 0.562. The topological polar surface area (TPSA) is 55.6 Å². The Morgan fingerprint density at radius 1 is 1.35 bits per heavy atom. The first kappa shape index (κ1) is 14.9. The third-order valence-corrected chi connectivity index (χ3v) is 3.96. The maximum Gasteiger partial charge on any atom is 0.223 e. The number of ether oxygens (including phenoxy) is 1. The minimum Gasteiger partial charge on any atom is -0.497 e. The van der Waals surface area contributed by atoms with E-state index in [1.165, 1.54) is 0 Å². The molecule has 0 bridgehead atoms. The Labute approximate surface area is 120 Å². The van der Waals surface area contributed by atoms with Crippen LogP contribution < -0.4 is 10.5 Å². The van der Waals surface area contributed by atoms with Crippen LogP contribution >= 0.6 is 0 Å². The predicted octanol–water partition coefficient (Wildman–Crippen LogP) is 2.49. The van der Waals surface area contributed by atoms with Gasteiger partial charge in [0.15, 0.2) is 0 Å². The lowest BCUT2D eigenvalue weighted by Crippen LogP contribution is -2.49. The highest BCUT2D eigenvalue weighted by molar-refractivity contribution is 5.78. The van der Waals surface area contributed by atoms with E-state index in [0.717, 1.165) is 37.1 Å². The van der Waals surface area contributed by atoms with Crippen LogP contribution in [0.2, 0.25) is 0 Å². The molecular formula is C16H24N2O2. The van der Waals surface area contributed by atoms with Gasteiger partial charge in [0.25, 0.3) is 0 Å². The summed E-state index contributed by atoms with van der Waals surface area (Å²) < 4.78 is 5.18. The molecule has 4 nitrogen and oxygen atoms in total. The van der Waals surface area contributed by atoms with E-state index in [4.69, 9.17) is 10.5 Å². The number of piperidine rings is 1. The van der Waals surface area contributed by atoms with E-state index in [1.807, 2.05) is 29.2 Å². The molecule has 2 unspecified atom stereocenters. The zero-order valence-electron chi connectivity index (χ0n) is 12.3. The van der Waals surface area contributed by atoms with E-state index in [-0.39, 0.29) is 18.0 Å². The summed E-state index contributed by atoms with van der Waals surface area (Å²) in [5.74, 6) is 1.05. The van der Waals surface area contributed by atoms with Crippen molar-refractivity contribution in [3.63, 3.8) is 0 Å². The Bertz CT molecular complexity index is 444. The van der Waals surface area contributed by atoms with E-state index < -0.39 is 0 Å². The monoisotopic (exact) mass is 276 g/mol. The van der Waals surface area contributed by atoms with Gasteiger partial charge in [0.05, 0.1) is 13.2 Å². The third-order valence-electron chi connectivity index (χ3n) is 3.96. The minimum absolute atomic E-state index is 0.00583. The van der Waals surface area contributed by atoms with Crippen molar-refractivity contribution in [1.29, 1.82) is 0 Å². The molecule has 20 heavy (non-hydrogen) atoms. The highest BCUT2D eigenvalue weighted by Crippen LogP contribution is 2.32. The number of nitrogens with two attached hydrogens (primary N) is 1. The van der Waals surface area contributed by atoms with Crippen LogP contribution in [-0.2, 0) is 4.79 Å². The van der Waals surface area contributed by atoms with Crippen LogP contribution in [0.1, 0.15) is 44.2 Å². The Balaban J connectivity index is 2.24. The van der Waals surface area contributed by atoms with Crippen molar-refractivity contribution in [2.24, 2.45) is 5.73 Å². The van der Waals surface area contributed by atoms with Gasteiger partial charge in [-0.25, -0.2) is 0 Å². The highest BCUT2D eigenvalue weighted by atomic mass is 16.5. The standard InChI is InChI=1S/C16H24N2O2/c1-3-4-11-18-15(19)10-9-14(17)16(18)12-5-7-13(20-2)8-6-12/h5-8,14,16H,3-4,9-11,17H2,1-2H3. The first-order valence-electron chi connectivity index (χ1n) is 7.36. The average molecular weight is 276 g/mol. The molecule has 2 N–H and O–H groups in total. The molecule has 0 aromatic heterocycles. The first-order valence-corrected chi connectivity index (χ1v) is 7.36. The molecule has 1 aliphatic rings. The molecule has 1 aliphatic heterocycles. The van der Waals surface area contributed by atoms with Crippen molar-refractivity contribution in [3.05, 3.63) is 29.8 Å². The molecule has 1 heterocycles. The van der Waals surface area contributed by atoms with Gasteiger partial charge in [-0.1, -0.05) is 25.5 Å². The number of rotatable bonds is 5. The average Bonchev–Trinajstić information content (AvgIpc) is 2.48. The van der Waals surface area contributed by atoms with E-state index in [9.17, 15) is 4.79 Å². The molecule has 2 rings (SSSR count). The van der Waals surface area contributed by atoms with Crippen LogP contribution in [0.25, 0.3) is 0 Å². The number of unbranched alkanes of at least 4 members (excludes halogenated alkanes) is 1. The number of hydrogen-bond acceptors (Lipinski definition) is 3. The van der Waals surface area contributed by atoms with Crippen molar-refractivity contribution < 1.29 is 9.53 Å². The Morgan fingerprint density at radius 2 is 2.05 bits per heavy atom. The summed E-state index contributed by atoms with van der Waals surface area (Å²) in [5, 5.41) is 0. The number of likely N-dealkylation sites (tertiary alicyclic amines) is 1. The normalized spacial score (nSPS) is 22.9. The van der Waals surface area contributed by atoms with Gasteiger partial charge in [-0.05, 0) is 30.5 Å². The number of methoxy groups -OCH3 is 1. The van der Waals surface area contributed by atoms with Gasteiger partial charge in [0.2, 0.25) is 5.91 Å². The van der Waals surface area contributed by atoms with Crippen molar-refractivity contribution >= 4 is 5.91 Å². The summed E-state index contributed by atoms with van der Waals surface area (Å²) in [5.41, 5.74) is 7.38. The highest BCUT2D eigenvalue weighted by Gasteiger charge is 2.34. The summed E-state index contributed by atoms with van der Waals surface area (Å²) in [7, 11) is 1.65. The maximum atomic E-state index is 12.2. The zero-order valence-corrected chi connectivity index (χ0v) is 12.3. The summed E-state index contributed by atoms with van der Waals surface area (Å²) in [6.45, 7) is 2.93. The summed E-state index contributed by atoms with van der Waals surface area (Å²) in [4.78, 5) is 14.2. The SMILES string of the molecule is CCCCN1C(=O)CCC(N)C1c1ccc(OC)cc1. The maximum absolute atomic E-state index is 12.2. The zero-order chi connectivity index (χ0) is 14.5. The van der Waals surface area contributed by atoms with Gasteiger partial charge >= 0.3 is 0 Å². The lowest BCUT2D eigenvalue weighted by atomic mass is 9.90. The van der Waals surface area contributed by atoms with Gasteiger partial charge in [-0.3, -0.25) is 4.79 Å². The molecule has 0 radical (unpaired) electrons. The number of amides is 1. The van der Waals surface area contributed by atoms with Crippen molar-refractivity contribution in [1.82, 2.24) is 4.90 Å². The minimum atomic E-state index is -0.00583. The fourth-order valence-corrected chi connectivity index (χ4v) is 2.80. The Morgan fingerprint density at radius 3 is 2.65 bits per heavy atom. The number of carbonyl (C=O) groups excluding carboxylic acids is 1. The second-order valence-corrected chi connectivity index (χ2v) is 5.36. The summed E-state index contributed by atoms with van der Waals surface area (Å²) in [6.07, 6.45) is 3.43. The van der Waals surface area contributed by atoms with E-state index >= 15 is 0 Å². The molecule has 0 saturated carbocycles. The fourth-order valence-electron chi connectivity index (χ4n) is 2.80. The Hall–Kier alpha value is -1.55. The second kappa shape index (κ2) is 6.75. The third kappa shape index (κ3) is 3.12. The van der Waals surface area contributed by atoms with Crippen LogP contribution in [0.5, 0.6) is 5.75 Å². The van der Waals surface area contributed by atoms with Gasteiger partial charge in [-0.15, -0.1) is 0 Å². The van der Waals surface area contributed by atoms with Crippen molar-refractivity contribution in [2.75, 3.05) is 13.7 Å². The van der Waals surface area contributed by atoms with Gasteiger partial charge < -0.3 is 15.4 Å². The molecule has 1 aromatic rings. The van der Waals surface area contributed by atoms with E-state index in [0.29, 0.717) is 6.42 Å². The number of hydrogen-bond donors (Lipinski definition) is 1. The first-order chi connectivity index (χ1) is 9.67. The van der Waals surface area contributed by atoms with E-state index in [2.05, 4.69) is 6.92 Å². The van der Waals surface area contributed by atoms with Crippen LogP contribution in [0.15, 0.2) is 24.3 Å². The molecule has 1 amide bonds. The van der Waals surface area contributed by atoms with Crippen LogP contribution in [-0.4, -0.2) is 30.5 Å². The largest absolute Gasteiger partial charge is 0.497 e. The molecule has 0 aliphatic carbocycles. The predicted molar refractivity (Wildman–Crippen MR) is 79.6 cm³/mol. The van der Waals surface area contributed by atoms with E-state index in [1.54, 1.807) is 7.11 Å². The molecule has 110 valence electrons. The van der Waals surface area contributed by atoms with Crippen molar-refractivity contribution in [2.45, 2.75) is 44.7 Å². The summed E-state index contributed by atoms with van der Waals surface area (Å²) >= 11 is 0. The van der Waals surface area contributed by atoms with Crippen molar-refractivity contribution in [3.8, 4) is 5.75 Å². The molecule has 0 spiro atoms. The van der Waals surface area contributed by atoms with Gasteiger partial charge in [0, 0.05) is 19.0 Å². The van der Waals surface area contributed by atoms with Crippen LogP contribution in [0, 0.1) is 0 Å². The van der Waals surface area contributed by atoms with Crippen LogP contribution in [0.3, 0.4) is 0 Å². The Kier molecular flexibility index (Phi) is 5.01. The smallest absolute Gasteiger partial charge is 0.223 e. The number of carbonyl (C=O) groups is 1. The molecular weight excluding hydrogens is 252 g/mol. The van der Waals surface area contributed by atoms with Gasteiger partial charge in [0.1, 0.15) is 5.75 Å². The lowest BCUT2D eigenvalue weighted by molar-refractivity contribution is -0.137. The molecule has 1 fully saturated rings. The lowest BCUT2D eigenvalue weighted by Gasteiger charge is -2.40. The molecule has 4 heteroatoms. The van der Waals surface area contributed by atoms with Crippen LogP contribution in [0.4, 0.5) is 0 Å². The molecule has 1 aromatic carbocycles. The summed E-state index contributed by atoms with van der Waals surface area (Å²) in [6, 6.07) is 7.90. The van der Waals surface area contributed by atoms with Gasteiger partial charge in [-0.2, -0.15) is 0 Å².